The molecule has 28 heavy (non-hydrogen) atoms. The Morgan fingerprint density at radius 1 is 1.00 bits per heavy atom. The lowest BCUT2D eigenvalue weighted by molar-refractivity contribution is -0.145. The van der Waals surface area contributed by atoms with Crippen LogP contribution in [0.25, 0.3) is 11.3 Å². The fourth-order valence-corrected chi connectivity index (χ4v) is 2.84. The van der Waals surface area contributed by atoms with E-state index in [4.69, 9.17) is 13.9 Å². The highest BCUT2D eigenvalue weighted by molar-refractivity contribution is 5.94. The molecular formula is C23H22O5. The molecule has 2 aromatic carbocycles. The second kappa shape index (κ2) is 9.04. The van der Waals surface area contributed by atoms with E-state index in [1.807, 2.05) is 42.5 Å². The minimum absolute atomic E-state index is 0.0521. The molecule has 0 atom stereocenters. The first kappa shape index (κ1) is 19.4. The zero-order valence-electron chi connectivity index (χ0n) is 15.9. The van der Waals surface area contributed by atoms with Crippen LogP contribution in [-0.4, -0.2) is 18.9 Å². The lowest BCUT2D eigenvalue weighted by atomic mass is 10.1. The molecule has 0 bridgehead atoms. The van der Waals surface area contributed by atoms with Gasteiger partial charge in [0.05, 0.1) is 13.5 Å². The van der Waals surface area contributed by atoms with Gasteiger partial charge in [-0.05, 0) is 37.3 Å². The predicted octanol–water partition coefficient (Wildman–Crippen LogP) is 4.83. The smallest absolute Gasteiger partial charge is 0.306 e. The molecule has 3 aromatic rings. The van der Waals surface area contributed by atoms with Crippen LogP contribution < -0.4 is 4.74 Å². The van der Waals surface area contributed by atoms with Crippen molar-refractivity contribution in [3.8, 4) is 17.1 Å². The Labute approximate surface area is 163 Å². The minimum Gasteiger partial charge on any atom is -0.496 e. The molecule has 0 unspecified atom stereocenters. The zero-order valence-corrected chi connectivity index (χ0v) is 15.9. The van der Waals surface area contributed by atoms with Crippen molar-refractivity contribution in [1.29, 1.82) is 0 Å². The molecule has 5 nitrogen and oxygen atoms in total. The van der Waals surface area contributed by atoms with Gasteiger partial charge in [0.2, 0.25) is 0 Å². The van der Waals surface area contributed by atoms with Crippen molar-refractivity contribution in [2.24, 2.45) is 0 Å². The summed E-state index contributed by atoms with van der Waals surface area (Å²) in [6.45, 7) is 1.54. The number of aryl methyl sites for hydroxylation is 1. The molecule has 0 aliphatic carbocycles. The van der Waals surface area contributed by atoms with Crippen LogP contribution in [0.2, 0.25) is 0 Å². The lowest BCUT2D eigenvalue weighted by Crippen LogP contribution is -2.07. The SMILES string of the molecule is COc1ccc(C(C)=O)cc1COC(=O)CCc1ccc(-c2ccccc2)o1. The third kappa shape index (κ3) is 4.88. The van der Waals surface area contributed by atoms with Crippen molar-refractivity contribution >= 4 is 11.8 Å². The van der Waals surface area contributed by atoms with Crippen molar-refractivity contribution < 1.29 is 23.5 Å². The van der Waals surface area contributed by atoms with Gasteiger partial charge in [-0.1, -0.05) is 30.3 Å². The highest BCUT2D eigenvalue weighted by atomic mass is 16.5. The molecule has 0 aliphatic rings. The van der Waals surface area contributed by atoms with E-state index in [1.165, 1.54) is 14.0 Å². The normalized spacial score (nSPS) is 10.5. The molecule has 0 amide bonds. The summed E-state index contributed by atoms with van der Waals surface area (Å²) < 4.78 is 16.4. The minimum atomic E-state index is -0.340. The molecule has 144 valence electrons. The highest BCUT2D eigenvalue weighted by Gasteiger charge is 2.12. The number of furan rings is 1. The van der Waals surface area contributed by atoms with Crippen LogP contribution in [0.5, 0.6) is 5.75 Å². The number of hydrogen-bond donors (Lipinski definition) is 0. The maximum atomic E-state index is 12.1. The number of carbonyl (C=O) groups excluding carboxylic acids is 2. The number of ketones is 1. The van der Waals surface area contributed by atoms with Gasteiger partial charge in [0.25, 0.3) is 0 Å². The molecular weight excluding hydrogens is 356 g/mol. The van der Waals surface area contributed by atoms with Gasteiger partial charge in [0, 0.05) is 23.1 Å². The molecule has 1 heterocycles. The first-order chi connectivity index (χ1) is 13.6. The van der Waals surface area contributed by atoms with E-state index in [0.717, 1.165) is 17.1 Å². The number of hydrogen-bond acceptors (Lipinski definition) is 5. The third-order valence-corrected chi connectivity index (χ3v) is 4.37. The first-order valence-corrected chi connectivity index (χ1v) is 9.04. The van der Waals surface area contributed by atoms with Crippen LogP contribution >= 0.6 is 0 Å². The van der Waals surface area contributed by atoms with E-state index in [1.54, 1.807) is 18.2 Å². The fraction of sp³-hybridized carbons (Fsp3) is 0.217. The monoisotopic (exact) mass is 378 g/mol. The average molecular weight is 378 g/mol. The number of benzene rings is 2. The Hall–Kier alpha value is -3.34. The van der Waals surface area contributed by atoms with Gasteiger partial charge in [-0.3, -0.25) is 9.59 Å². The third-order valence-electron chi connectivity index (χ3n) is 4.37. The number of carbonyl (C=O) groups is 2. The van der Waals surface area contributed by atoms with Crippen molar-refractivity contribution in [3.05, 3.63) is 77.6 Å². The number of esters is 1. The molecule has 0 aliphatic heterocycles. The second-order valence-electron chi connectivity index (χ2n) is 6.38. The van der Waals surface area contributed by atoms with Gasteiger partial charge in [-0.2, -0.15) is 0 Å². The quantitative estimate of drug-likeness (QED) is 0.415. The second-order valence-corrected chi connectivity index (χ2v) is 6.38. The van der Waals surface area contributed by atoms with Gasteiger partial charge in [-0.15, -0.1) is 0 Å². The summed E-state index contributed by atoms with van der Waals surface area (Å²) in [5.74, 6) is 1.69. The standard InChI is InChI=1S/C23H22O5/c1-16(24)18-8-11-21(26-2)19(14-18)15-27-23(25)13-10-20-9-12-22(28-20)17-6-4-3-5-7-17/h3-9,11-12,14H,10,13,15H2,1-2H3. The van der Waals surface area contributed by atoms with Crippen molar-refractivity contribution in [2.45, 2.75) is 26.4 Å². The van der Waals surface area contributed by atoms with E-state index >= 15 is 0 Å². The molecule has 0 saturated heterocycles. The first-order valence-electron chi connectivity index (χ1n) is 9.04. The van der Waals surface area contributed by atoms with Crippen LogP contribution in [0.3, 0.4) is 0 Å². The number of Topliss-reactive ketones (excluding diaryl/α,β-unsaturated/α-hetero) is 1. The summed E-state index contributed by atoms with van der Waals surface area (Å²) in [7, 11) is 1.54. The summed E-state index contributed by atoms with van der Waals surface area (Å²) in [5.41, 5.74) is 2.21. The largest absolute Gasteiger partial charge is 0.496 e. The van der Waals surface area contributed by atoms with Crippen LogP contribution in [0.15, 0.2) is 65.1 Å². The molecule has 1 aromatic heterocycles. The van der Waals surface area contributed by atoms with Crippen LogP contribution in [-0.2, 0) is 22.6 Å². The molecule has 5 heteroatoms. The maximum absolute atomic E-state index is 12.1. The summed E-state index contributed by atoms with van der Waals surface area (Å²) in [4.78, 5) is 23.7. The molecule has 0 fully saturated rings. The maximum Gasteiger partial charge on any atom is 0.306 e. The van der Waals surface area contributed by atoms with Gasteiger partial charge < -0.3 is 13.9 Å². The van der Waals surface area contributed by atoms with Crippen molar-refractivity contribution in [2.75, 3.05) is 7.11 Å². The zero-order chi connectivity index (χ0) is 19.9. The highest BCUT2D eigenvalue weighted by Crippen LogP contribution is 2.23. The van der Waals surface area contributed by atoms with Gasteiger partial charge >= 0.3 is 5.97 Å². The number of methoxy groups -OCH3 is 1. The molecule has 0 radical (unpaired) electrons. The van der Waals surface area contributed by atoms with E-state index in [-0.39, 0.29) is 24.8 Å². The Balaban J connectivity index is 1.55. The van der Waals surface area contributed by atoms with Crippen LogP contribution in [0.4, 0.5) is 0 Å². The molecule has 0 saturated carbocycles. The summed E-state index contributed by atoms with van der Waals surface area (Å²) in [6, 6.07) is 18.6. The van der Waals surface area contributed by atoms with Gasteiger partial charge in [-0.25, -0.2) is 0 Å². The Morgan fingerprint density at radius 2 is 1.79 bits per heavy atom. The topological polar surface area (TPSA) is 65.7 Å². The average Bonchev–Trinajstić information content (AvgIpc) is 3.20. The van der Waals surface area contributed by atoms with Gasteiger partial charge in [0.15, 0.2) is 5.78 Å². The lowest BCUT2D eigenvalue weighted by Gasteiger charge is -2.10. The van der Waals surface area contributed by atoms with E-state index in [2.05, 4.69) is 0 Å². The summed E-state index contributed by atoms with van der Waals surface area (Å²) >= 11 is 0. The fourth-order valence-electron chi connectivity index (χ4n) is 2.84. The number of rotatable bonds is 8. The van der Waals surface area contributed by atoms with Crippen LogP contribution in [0.1, 0.15) is 35.0 Å². The van der Waals surface area contributed by atoms with E-state index < -0.39 is 0 Å². The van der Waals surface area contributed by atoms with Crippen molar-refractivity contribution in [1.82, 2.24) is 0 Å². The summed E-state index contributed by atoms with van der Waals surface area (Å²) in [5, 5.41) is 0. The molecule has 3 rings (SSSR count). The summed E-state index contributed by atoms with van der Waals surface area (Å²) in [6.07, 6.45) is 0.659. The predicted molar refractivity (Wildman–Crippen MR) is 105 cm³/mol. The van der Waals surface area contributed by atoms with E-state index in [0.29, 0.717) is 23.3 Å². The molecule has 0 spiro atoms. The Kier molecular flexibility index (Phi) is 6.27. The van der Waals surface area contributed by atoms with Crippen LogP contribution in [0, 0.1) is 0 Å². The van der Waals surface area contributed by atoms with Gasteiger partial charge in [0.1, 0.15) is 23.9 Å². The van der Waals surface area contributed by atoms with Crippen molar-refractivity contribution in [3.63, 3.8) is 0 Å². The molecule has 0 N–H and O–H groups in total. The van der Waals surface area contributed by atoms with E-state index in [9.17, 15) is 9.59 Å². The Bertz CT molecular complexity index is 956. The number of ether oxygens (including phenoxy) is 2. The Morgan fingerprint density at radius 3 is 2.50 bits per heavy atom.